The van der Waals surface area contributed by atoms with Crippen LogP contribution in [0.15, 0.2) is 22.7 Å². The summed E-state index contributed by atoms with van der Waals surface area (Å²) >= 11 is 9.55. The van der Waals surface area contributed by atoms with Crippen molar-refractivity contribution in [3.05, 3.63) is 34.1 Å². The Kier molecular flexibility index (Phi) is 8.72. The zero-order valence-electron chi connectivity index (χ0n) is 11.6. The van der Waals surface area contributed by atoms with E-state index in [1.807, 2.05) is 0 Å². The van der Waals surface area contributed by atoms with Crippen LogP contribution in [0.1, 0.15) is 69.2 Å². The van der Waals surface area contributed by atoms with Crippen LogP contribution in [-0.4, -0.2) is 0 Å². The Bertz CT molecular complexity index is 368. The van der Waals surface area contributed by atoms with Gasteiger partial charge in [-0.05, 0) is 40.0 Å². The number of alkyl halides is 1. The normalized spacial score (nSPS) is 12.6. The van der Waals surface area contributed by atoms with Crippen molar-refractivity contribution in [3.63, 3.8) is 0 Å². The molecule has 0 heterocycles. The van der Waals surface area contributed by atoms with Gasteiger partial charge in [0.25, 0.3) is 0 Å². The van der Waals surface area contributed by atoms with Crippen LogP contribution in [-0.2, 0) is 0 Å². The number of rotatable bonds is 9. The lowest BCUT2D eigenvalue weighted by atomic mass is 10.0. The zero-order chi connectivity index (χ0) is 14.1. The monoisotopic (exact) mass is 348 g/mol. The van der Waals surface area contributed by atoms with Gasteiger partial charge in [0.2, 0.25) is 0 Å². The third kappa shape index (κ3) is 6.76. The Morgan fingerprint density at radius 3 is 2.37 bits per heavy atom. The van der Waals surface area contributed by atoms with Gasteiger partial charge >= 0.3 is 0 Å². The molecule has 1 aromatic rings. The van der Waals surface area contributed by atoms with Crippen LogP contribution < -0.4 is 0 Å². The minimum Gasteiger partial charge on any atom is -0.206 e. The first kappa shape index (κ1) is 17.0. The average Bonchev–Trinajstić information content (AvgIpc) is 2.40. The molecule has 108 valence electrons. The van der Waals surface area contributed by atoms with Crippen LogP contribution >= 0.6 is 27.5 Å². The van der Waals surface area contributed by atoms with Gasteiger partial charge in [-0.1, -0.05) is 57.9 Å². The van der Waals surface area contributed by atoms with Gasteiger partial charge in [-0.3, -0.25) is 0 Å². The second-order valence-electron chi connectivity index (χ2n) is 5.05. The van der Waals surface area contributed by atoms with E-state index in [4.69, 9.17) is 11.6 Å². The molecule has 0 fully saturated rings. The smallest absolute Gasteiger partial charge is 0.137 e. The fourth-order valence-corrected chi connectivity index (χ4v) is 2.84. The van der Waals surface area contributed by atoms with Crippen molar-refractivity contribution in [2.24, 2.45) is 0 Å². The molecule has 0 aliphatic carbocycles. The molecule has 0 saturated heterocycles. The Balaban J connectivity index is 2.20. The number of benzene rings is 1. The van der Waals surface area contributed by atoms with E-state index in [1.165, 1.54) is 44.6 Å². The average molecular weight is 350 g/mol. The van der Waals surface area contributed by atoms with Gasteiger partial charge in [0.1, 0.15) is 5.82 Å². The van der Waals surface area contributed by atoms with E-state index in [0.29, 0.717) is 4.47 Å². The molecule has 0 N–H and O–H groups in total. The number of unbranched alkanes of at least 4 members (excludes halogenated alkanes) is 6. The zero-order valence-corrected chi connectivity index (χ0v) is 13.9. The van der Waals surface area contributed by atoms with Gasteiger partial charge in [-0.15, -0.1) is 11.6 Å². The third-order valence-corrected chi connectivity index (χ3v) is 4.44. The molecule has 1 unspecified atom stereocenters. The highest BCUT2D eigenvalue weighted by atomic mass is 79.9. The lowest BCUT2D eigenvalue weighted by Crippen LogP contribution is -1.92. The predicted octanol–water partition coefficient (Wildman–Crippen LogP) is 7.01. The topological polar surface area (TPSA) is 0 Å². The molecule has 0 aliphatic rings. The van der Waals surface area contributed by atoms with E-state index in [2.05, 4.69) is 22.9 Å². The van der Waals surface area contributed by atoms with Gasteiger partial charge in [0.15, 0.2) is 0 Å². The van der Waals surface area contributed by atoms with E-state index in [1.54, 1.807) is 12.1 Å². The Morgan fingerprint density at radius 1 is 1.11 bits per heavy atom. The summed E-state index contributed by atoms with van der Waals surface area (Å²) in [6.07, 6.45) is 9.99. The summed E-state index contributed by atoms with van der Waals surface area (Å²) in [5.74, 6) is -0.233. The molecule has 0 amide bonds. The van der Waals surface area contributed by atoms with Crippen molar-refractivity contribution < 1.29 is 4.39 Å². The largest absolute Gasteiger partial charge is 0.206 e. The van der Waals surface area contributed by atoms with E-state index >= 15 is 0 Å². The molecule has 0 spiro atoms. The SMILES string of the molecule is CCCCCCCCCC(Cl)c1ccc(F)c(Br)c1. The van der Waals surface area contributed by atoms with Crippen LogP contribution in [0, 0.1) is 5.82 Å². The molecule has 0 radical (unpaired) electrons. The first-order chi connectivity index (χ1) is 9.15. The van der Waals surface area contributed by atoms with Crippen molar-refractivity contribution in [1.29, 1.82) is 0 Å². The highest BCUT2D eigenvalue weighted by molar-refractivity contribution is 9.10. The van der Waals surface area contributed by atoms with E-state index < -0.39 is 0 Å². The lowest BCUT2D eigenvalue weighted by Gasteiger charge is -2.10. The quantitative estimate of drug-likeness (QED) is 0.332. The van der Waals surface area contributed by atoms with Crippen molar-refractivity contribution in [1.82, 2.24) is 0 Å². The van der Waals surface area contributed by atoms with Gasteiger partial charge in [-0.25, -0.2) is 4.39 Å². The van der Waals surface area contributed by atoms with Crippen molar-refractivity contribution in [3.8, 4) is 0 Å². The molecule has 1 rings (SSSR count). The van der Waals surface area contributed by atoms with Crippen LogP contribution in [0.5, 0.6) is 0 Å². The van der Waals surface area contributed by atoms with Crippen molar-refractivity contribution >= 4 is 27.5 Å². The summed E-state index contributed by atoms with van der Waals surface area (Å²) in [7, 11) is 0. The predicted molar refractivity (Wildman–Crippen MR) is 85.3 cm³/mol. The number of hydrogen-bond acceptors (Lipinski definition) is 0. The molecule has 0 bridgehead atoms. The summed E-state index contributed by atoms with van der Waals surface area (Å²) in [5, 5.41) is -0.00691. The molecule has 0 aromatic heterocycles. The first-order valence-corrected chi connectivity index (χ1v) is 8.47. The van der Waals surface area contributed by atoms with Gasteiger partial charge in [0.05, 0.1) is 9.85 Å². The highest BCUT2D eigenvalue weighted by Gasteiger charge is 2.09. The van der Waals surface area contributed by atoms with E-state index in [0.717, 1.165) is 18.4 Å². The maximum absolute atomic E-state index is 13.1. The number of hydrogen-bond donors (Lipinski definition) is 0. The molecule has 1 atom stereocenters. The molecule has 3 heteroatoms. The maximum atomic E-state index is 13.1. The second-order valence-corrected chi connectivity index (χ2v) is 6.43. The summed E-state index contributed by atoms with van der Waals surface area (Å²) in [4.78, 5) is 0. The lowest BCUT2D eigenvalue weighted by molar-refractivity contribution is 0.571. The summed E-state index contributed by atoms with van der Waals surface area (Å²) in [6.45, 7) is 2.24. The molecule has 0 aliphatic heterocycles. The molecular formula is C16H23BrClF. The minimum atomic E-state index is -0.233. The first-order valence-electron chi connectivity index (χ1n) is 7.24. The maximum Gasteiger partial charge on any atom is 0.137 e. The molecular weight excluding hydrogens is 327 g/mol. The van der Waals surface area contributed by atoms with Crippen LogP contribution in [0.4, 0.5) is 4.39 Å². The van der Waals surface area contributed by atoms with E-state index in [-0.39, 0.29) is 11.2 Å². The Hall–Kier alpha value is -0.0800. The fraction of sp³-hybridized carbons (Fsp3) is 0.625. The van der Waals surface area contributed by atoms with Crippen LogP contribution in [0.3, 0.4) is 0 Å². The summed E-state index contributed by atoms with van der Waals surface area (Å²) in [5.41, 5.74) is 1.00. The third-order valence-electron chi connectivity index (χ3n) is 3.37. The van der Waals surface area contributed by atoms with Crippen LogP contribution in [0.2, 0.25) is 0 Å². The standard InChI is InChI=1S/C16H23BrClF/c1-2-3-4-5-6-7-8-9-15(18)13-10-11-16(19)14(17)12-13/h10-12,15H,2-9H2,1H3. The Morgan fingerprint density at radius 2 is 1.74 bits per heavy atom. The van der Waals surface area contributed by atoms with Gasteiger partial charge in [-0.2, -0.15) is 0 Å². The number of halogens is 3. The molecule has 0 nitrogen and oxygen atoms in total. The van der Waals surface area contributed by atoms with Crippen molar-refractivity contribution in [2.45, 2.75) is 63.7 Å². The van der Waals surface area contributed by atoms with Crippen LogP contribution in [0.25, 0.3) is 0 Å². The molecule has 19 heavy (non-hydrogen) atoms. The van der Waals surface area contributed by atoms with Gasteiger partial charge in [0, 0.05) is 0 Å². The molecule has 0 saturated carbocycles. The fourth-order valence-electron chi connectivity index (χ4n) is 2.15. The summed E-state index contributed by atoms with van der Waals surface area (Å²) < 4.78 is 13.6. The molecule has 1 aromatic carbocycles. The minimum absolute atomic E-state index is 0.00691. The van der Waals surface area contributed by atoms with Gasteiger partial charge < -0.3 is 0 Å². The Labute approximate surface area is 129 Å². The summed E-state index contributed by atoms with van der Waals surface area (Å²) in [6, 6.07) is 5.03. The van der Waals surface area contributed by atoms with Crippen molar-refractivity contribution in [2.75, 3.05) is 0 Å². The highest BCUT2D eigenvalue weighted by Crippen LogP contribution is 2.29. The van der Waals surface area contributed by atoms with E-state index in [9.17, 15) is 4.39 Å². The second kappa shape index (κ2) is 9.77.